The van der Waals surface area contributed by atoms with Crippen molar-refractivity contribution in [2.75, 3.05) is 14.2 Å². The SMILES string of the molecule is COc1cccc(OC)c1-c1[c-]cccc1.[Li+]. The molecule has 0 N–H and O–H groups in total. The topological polar surface area (TPSA) is 18.5 Å². The van der Waals surface area contributed by atoms with E-state index in [0.29, 0.717) is 0 Å². The minimum Gasteiger partial charge on any atom is -0.506 e. The summed E-state index contributed by atoms with van der Waals surface area (Å²) in [7, 11) is 3.31. The molecule has 0 radical (unpaired) electrons. The summed E-state index contributed by atoms with van der Waals surface area (Å²) in [6.45, 7) is 0. The van der Waals surface area contributed by atoms with Crippen molar-refractivity contribution in [3.8, 4) is 22.6 Å². The van der Waals surface area contributed by atoms with Gasteiger partial charge in [0.25, 0.3) is 0 Å². The Hall–Kier alpha value is -1.36. The number of hydrogen-bond acceptors (Lipinski definition) is 2. The Morgan fingerprint density at radius 3 is 2.00 bits per heavy atom. The van der Waals surface area contributed by atoms with E-state index in [1.807, 2.05) is 42.5 Å². The molecule has 0 saturated heterocycles. The molecule has 0 bridgehead atoms. The quantitative estimate of drug-likeness (QED) is 0.542. The smallest absolute Gasteiger partial charge is 0.506 e. The molecule has 0 saturated carbocycles. The molecule has 0 atom stereocenters. The van der Waals surface area contributed by atoms with Gasteiger partial charge in [0.1, 0.15) is 0 Å². The fraction of sp³-hybridized carbons (Fsp3) is 0.143. The number of methoxy groups -OCH3 is 2. The van der Waals surface area contributed by atoms with Gasteiger partial charge in [-0.3, -0.25) is 0 Å². The van der Waals surface area contributed by atoms with Gasteiger partial charge >= 0.3 is 18.9 Å². The van der Waals surface area contributed by atoms with Crippen LogP contribution in [0.2, 0.25) is 0 Å². The second kappa shape index (κ2) is 6.39. The molecule has 0 spiro atoms. The van der Waals surface area contributed by atoms with Gasteiger partial charge in [-0.1, -0.05) is 6.07 Å². The van der Waals surface area contributed by atoms with Gasteiger partial charge in [-0.25, -0.2) is 0 Å². The van der Waals surface area contributed by atoms with E-state index in [9.17, 15) is 0 Å². The van der Waals surface area contributed by atoms with Gasteiger partial charge in [-0.05, 0) is 17.7 Å². The van der Waals surface area contributed by atoms with E-state index in [1.54, 1.807) is 14.2 Å². The minimum atomic E-state index is 0. The summed E-state index contributed by atoms with van der Waals surface area (Å²) in [4.78, 5) is 0. The summed E-state index contributed by atoms with van der Waals surface area (Å²) in [5, 5.41) is 0. The van der Waals surface area contributed by atoms with Crippen LogP contribution in [0.1, 0.15) is 0 Å². The number of hydrogen-bond donors (Lipinski definition) is 0. The van der Waals surface area contributed by atoms with Crippen LogP contribution in [0.5, 0.6) is 11.5 Å². The zero-order valence-electron chi connectivity index (χ0n) is 10.4. The molecule has 0 amide bonds. The van der Waals surface area contributed by atoms with Gasteiger partial charge < -0.3 is 9.47 Å². The van der Waals surface area contributed by atoms with Gasteiger partial charge in [0, 0.05) is 0 Å². The third-order valence-electron chi connectivity index (χ3n) is 2.41. The van der Waals surface area contributed by atoms with Crippen LogP contribution in [-0.2, 0) is 0 Å². The van der Waals surface area contributed by atoms with Crippen molar-refractivity contribution in [1.82, 2.24) is 0 Å². The van der Waals surface area contributed by atoms with Crippen LogP contribution in [0.25, 0.3) is 11.1 Å². The van der Waals surface area contributed by atoms with E-state index in [0.717, 1.165) is 22.6 Å². The summed E-state index contributed by atoms with van der Waals surface area (Å²) in [6, 6.07) is 16.7. The fourth-order valence-corrected chi connectivity index (χ4v) is 1.67. The Kier molecular flexibility index (Phi) is 5.15. The maximum absolute atomic E-state index is 5.34. The Balaban J connectivity index is 0.00000144. The molecule has 0 aromatic heterocycles. The molecular formula is C14H13LiO2. The maximum Gasteiger partial charge on any atom is 1.00 e. The van der Waals surface area contributed by atoms with Crippen LogP contribution in [0, 0.1) is 6.07 Å². The van der Waals surface area contributed by atoms with Gasteiger partial charge in [-0.2, -0.15) is 0 Å². The summed E-state index contributed by atoms with van der Waals surface area (Å²) >= 11 is 0. The number of rotatable bonds is 3. The van der Waals surface area contributed by atoms with E-state index in [1.165, 1.54) is 0 Å². The van der Waals surface area contributed by atoms with E-state index in [-0.39, 0.29) is 18.9 Å². The molecule has 2 aromatic rings. The zero-order valence-corrected chi connectivity index (χ0v) is 10.4. The molecule has 0 aliphatic carbocycles. The molecule has 82 valence electrons. The van der Waals surface area contributed by atoms with Crippen molar-refractivity contribution in [2.24, 2.45) is 0 Å². The molecule has 2 rings (SSSR count). The van der Waals surface area contributed by atoms with Crippen molar-refractivity contribution >= 4 is 0 Å². The van der Waals surface area contributed by atoms with Gasteiger partial charge in [0.05, 0.1) is 25.7 Å². The average molecular weight is 220 g/mol. The van der Waals surface area contributed by atoms with Crippen molar-refractivity contribution < 1.29 is 28.3 Å². The molecular weight excluding hydrogens is 207 g/mol. The first kappa shape index (κ1) is 13.7. The van der Waals surface area contributed by atoms with Crippen LogP contribution in [0.4, 0.5) is 0 Å². The third-order valence-corrected chi connectivity index (χ3v) is 2.41. The second-order valence-electron chi connectivity index (χ2n) is 3.31. The zero-order chi connectivity index (χ0) is 11.4. The Morgan fingerprint density at radius 2 is 1.53 bits per heavy atom. The Morgan fingerprint density at radius 1 is 0.882 bits per heavy atom. The standard InChI is InChI=1S/C14H13O2.Li/c1-15-12-9-6-10-13(16-2)14(12)11-7-4-3-5-8-11;/h3-7,9-10H,1-2H3;/q-1;+1. The van der Waals surface area contributed by atoms with E-state index < -0.39 is 0 Å². The van der Waals surface area contributed by atoms with Crippen molar-refractivity contribution in [3.05, 3.63) is 48.5 Å². The molecule has 2 aromatic carbocycles. The van der Waals surface area contributed by atoms with Crippen LogP contribution < -0.4 is 28.3 Å². The molecule has 0 fully saturated rings. The first-order valence-electron chi connectivity index (χ1n) is 5.05. The fourth-order valence-electron chi connectivity index (χ4n) is 1.67. The van der Waals surface area contributed by atoms with Gasteiger partial charge in [-0.15, -0.1) is 35.9 Å². The van der Waals surface area contributed by atoms with Crippen molar-refractivity contribution in [2.45, 2.75) is 0 Å². The predicted octanol–water partition coefficient (Wildman–Crippen LogP) is 0.175. The van der Waals surface area contributed by atoms with E-state index >= 15 is 0 Å². The molecule has 0 aliphatic heterocycles. The van der Waals surface area contributed by atoms with Crippen LogP contribution in [-0.4, -0.2) is 14.2 Å². The summed E-state index contributed by atoms with van der Waals surface area (Å²) in [6.07, 6.45) is 0. The largest absolute Gasteiger partial charge is 1.00 e. The molecule has 3 heteroatoms. The van der Waals surface area contributed by atoms with E-state index in [2.05, 4.69) is 6.07 Å². The van der Waals surface area contributed by atoms with Crippen molar-refractivity contribution in [1.29, 1.82) is 0 Å². The van der Waals surface area contributed by atoms with Gasteiger partial charge in [0.2, 0.25) is 0 Å². The average Bonchev–Trinajstić information content (AvgIpc) is 2.38. The normalized spacial score (nSPS) is 9.29. The van der Waals surface area contributed by atoms with Crippen LogP contribution >= 0.6 is 0 Å². The molecule has 0 aliphatic rings. The molecule has 2 nitrogen and oxygen atoms in total. The molecule has 17 heavy (non-hydrogen) atoms. The predicted molar refractivity (Wildman–Crippen MR) is 63.8 cm³/mol. The van der Waals surface area contributed by atoms with Crippen molar-refractivity contribution in [3.63, 3.8) is 0 Å². The Labute approximate surface area is 114 Å². The first-order chi connectivity index (χ1) is 7.86. The third kappa shape index (κ3) is 2.85. The second-order valence-corrected chi connectivity index (χ2v) is 3.31. The van der Waals surface area contributed by atoms with Crippen LogP contribution in [0.3, 0.4) is 0 Å². The minimum absolute atomic E-state index is 0. The maximum atomic E-state index is 5.34. The molecule has 0 unspecified atom stereocenters. The summed E-state index contributed by atoms with van der Waals surface area (Å²) in [5.74, 6) is 1.59. The first-order valence-corrected chi connectivity index (χ1v) is 5.05. The van der Waals surface area contributed by atoms with E-state index in [4.69, 9.17) is 9.47 Å². The monoisotopic (exact) mass is 220 g/mol. The molecule has 0 heterocycles. The van der Waals surface area contributed by atoms with Gasteiger partial charge in [0.15, 0.2) is 0 Å². The van der Waals surface area contributed by atoms with Crippen LogP contribution in [0.15, 0.2) is 42.5 Å². The number of ether oxygens (including phenoxy) is 2. The summed E-state index contributed by atoms with van der Waals surface area (Å²) in [5.41, 5.74) is 1.91. The number of benzene rings is 2. The summed E-state index contributed by atoms with van der Waals surface area (Å²) < 4.78 is 10.7. The Bertz CT molecular complexity index is 447.